The van der Waals surface area contributed by atoms with Crippen LogP contribution >= 0.6 is 0 Å². The van der Waals surface area contributed by atoms with Crippen LogP contribution in [-0.4, -0.2) is 57.9 Å². The molecule has 2 aliphatic heterocycles. The van der Waals surface area contributed by atoms with Gasteiger partial charge in [-0.3, -0.25) is 4.79 Å². The topological polar surface area (TPSA) is 66.8 Å². The summed E-state index contributed by atoms with van der Waals surface area (Å²) >= 11 is 0. The Morgan fingerprint density at radius 3 is 2.83 bits per heavy atom. The van der Waals surface area contributed by atoms with E-state index in [0.29, 0.717) is 18.6 Å². The lowest BCUT2D eigenvalue weighted by Crippen LogP contribution is -3.00. The number of Topliss-reactive ketones (excluding diaryl/α,β-unsaturated/α-hetero) is 1. The van der Waals surface area contributed by atoms with E-state index in [1.165, 1.54) is 12.8 Å². The highest BCUT2D eigenvalue weighted by Crippen LogP contribution is 2.66. The van der Waals surface area contributed by atoms with Crippen molar-refractivity contribution >= 4 is 5.78 Å². The Balaban J connectivity index is 0.00000181. The van der Waals surface area contributed by atoms with Gasteiger partial charge in [0.25, 0.3) is 0 Å². The molecule has 0 aromatic heterocycles. The summed E-state index contributed by atoms with van der Waals surface area (Å²) < 4.78 is 7.00. The minimum atomic E-state index is -0.978. The Labute approximate surface area is 188 Å². The number of phenols is 1. The zero-order valence-corrected chi connectivity index (χ0v) is 18.7. The van der Waals surface area contributed by atoms with Crippen molar-refractivity contribution < 1.29 is 48.2 Å². The first kappa shape index (κ1) is 19.8. The number of quaternary nitrogens is 1. The van der Waals surface area contributed by atoms with E-state index in [1.807, 2.05) is 12.1 Å². The molecule has 156 valence electrons. The molecule has 2 N–H and O–H groups in total. The molecule has 2 bridgehead atoms. The van der Waals surface area contributed by atoms with Gasteiger partial charge >= 0.3 is 0 Å². The van der Waals surface area contributed by atoms with E-state index in [0.717, 1.165) is 54.0 Å². The number of phenolic OH excluding ortho intramolecular Hbond substituents is 1. The lowest BCUT2D eigenvalue weighted by molar-refractivity contribution is -0.962. The number of ether oxygens (including phenoxy) is 1. The molecule has 2 saturated carbocycles. The van der Waals surface area contributed by atoms with Crippen molar-refractivity contribution in [1.29, 1.82) is 0 Å². The Kier molecular flexibility index (Phi) is 4.24. The van der Waals surface area contributed by atoms with Crippen LogP contribution in [-0.2, 0) is 16.6 Å². The number of halogens is 1. The van der Waals surface area contributed by atoms with Crippen molar-refractivity contribution in [3.8, 4) is 11.5 Å². The number of carbonyl (C=O) groups excluding carboxylic acids is 1. The molecule has 3 fully saturated rings. The molecule has 1 spiro atoms. The minimum absolute atomic E-state index is 0. The number of nitrogens with zero attached hydrogens (tertiary/aromatic N) is 1. The summed E-state index contributed by atoms with van der Waals surface area (Å²) in [5.41, 5.74) is 0.378. The third kappa shape index (κ3) is 2.26. The van der Waals surface area contributed by atoms with Gasteiger partial charge in [-0.15, -0.1) is 0 Å². The summed E-state index contributed by atoms with van der Waals surface area (Å²) in [7, 11) is 0. The molecular weight excluding hydrogens is 481 g/mol. The number of benzene rings is 1. The van der Waals surface area contributed by atoms with Gasteiger partial charge in [0.05, 0.1) is 25.0 Å². The molecule has 0 amide bonds. The van der Waals surface area contributed by atoms with Crippen LogP contribution in [0.5, 0.6) is 11.5 Å². The number of carbonyl (C=O) groups is 1. The van der Waals surface area contributed by atoms with E-state index in [2.05, 4.69) is 6.58 Å². The number of likely N-dealkylation sites (tertiary alicyclic amines) is 1. The summed E-state index contributed by atoms with van der Waals surface area (Å²) in [6.45, 7) is 6.92. The van der Waals surface area contributed by atoms with Crippen LogP contribution < -0.4 is 28.7 Å². The van der Waals surface area contributed by atoms with Gasteiger partial charge < -0.3 is 43.4 Å². The predicted octanol–water partition coefficient (Wildman–Crippen LogP) is -0.770. The average molecular weight is 509 g/mol. The van der Waals surface area contributed by atoms with Gasteiger partial charge in [-0.1, -0.05) is 12.6 Å². The van der Waals surface area contributed by atoms with Crippen LogP contribution in [0.4, 0.5) is 0 Å². The van der Waals surface area contributed by atoms with Crippen molar-refractivity contribution in [1.82, 2.24) is 0 Å². The highest BCUT2D eigenvalue weighted by molar-refractivity contribution is 5.90. The highest BCUT2D eigenvalue weighted by atomic mass is 127. The van der Waals surface area contributed by atoms with Crippen LogP contribution in [0.1, 0.15) is 43.2 Å². The molecule has 1 unspecified atom stereocenters. The second kappa shape index (κ2) is 6.20. The monoisotopic (exact) mass is 509 g/mol. The van der Waals surface area contributed by atoms with Gasteiger partial charge in [-0.2, -0.15) is 0 Å². The fourth-order valence-electron chi connectivity index (χ4n) is 7.29. The quantitative estimate of drug-likeness (QED) is 0.318. The standard InChI is InChI=1S/C23H27NO4.HI/c1-2-10-24(13-14-3-4-14)11-9-22-19-15-5-6-16(25)20(19)28-21(22)17(26)7-8-23(22,27)18(24)12-15;/h2,5-6,14,18,21,27H,1,3-4,7-13H2;1H/t18-,21+,22-,23-,24?;/m1./s1. The minimum Gasteiger partial charge on any atom is -1.00 e. The van der Waals surface area contributed by atoms with E-state index in [-0.39, 0.29) is 41.6 Å². The smallest absolute Gasteiger partial charge is 0.174 e. The molecule has 1 saturated heterocycles. The summed E-state index contributed by atoms with van der Waals surface area (Å²) in [5, 5.41) is 22.8. The molecule has 5 atom stereocenters. The van der Waals surface area contributed by atoms with Crippen molar-refractivity contribution in [3.05, 3.63) is 35.9 Å². The predicted molar refractivity (Wildman–Crippen MR) is 103 cm³/mol. The molecule has 29 heavy (non-hydrogen) atoms. The Hall–Kier alpha value is -1.12. The maximum atomic E-state index is 12.9. The van der Waals surface area contributed by atoms with Crippen LogP contribution in [0.25, 0.3) is 0 Å². The number of hydrogen-bond acceptors (Lipinski definition) is 4. The first-order valence-corrected chi connectivity index (χ1v) is 10.7. The Morgan fingerprint density at radius 1 is 1.31 bits per heavy atom. The van der Waals surface area contributed by atoms with Crippen LogP contribution in [0.3, 0.4) is 0 Å². The summed E-state index contributed by atoms with van der Waals surface area (Å²) in [4.78, 5) is 12.9. The molecule has 1 aromatic rings. The van der Waals surface area contributed by atoms with E-state index in [4.69, 9.17) is 4.74 Å². The van der Waals surface area contributed by atoms with Crippen molar-refractivity contribution in [2.24, 2.45) is 5.92 Å². The van der Waals surface area contributed by atoms with Gasteiger partial charge in [-0.25, -0.2) is 0 Å². The molecule has 5 nitrogen and oxygen atoms in total. The zero-order chi connectivity index (χ0) is 19.3. The number of aromatic hydroxyl groups is 1. The molecule has 1 aromatic carbocycles. The molecular formula is C23H28INO4. The second-order valence-electron chi connectivity index (χ2n) is 9.82. The van der Waals surface area contributed by atoms with E-state index in [1.54, 1.807) is 6.07 Å². The van der Waals surface area contributed by atoms with Gasteiger partial charge in [0.1, 0.15) is 11.6 Å². The van der Waals surface area contributed by atoms with Crippen LogP contribution in [0, 0.1) is 5.92 Å². The lowest BCUT2D eigenvalue weighted by Gasteiger charge is -2.65. The fraction of sp³-hybridized carbons (Fsp3) is 0.609. The first-order chi connectivity index (χ1) is 13.5. The molecule has 6 heteroatoms. The SMILES string of the molecule is C=CC[N+]1(CC2CC2)CC[C@@]23c4c5ccc(O)c4O[C@H]2C(=O)CC[C@@]3(O)[C@H]1C5.[I-]. The summed E-state index contributed by atoms with van der Waals surface area (Å²) in [6, 6.07) is 3.72. The highest BCUT2D eigenvalue weighted by Gasteiger charge is 2.76. The molecule has 3 aliphatic carbocycles. The maximum absolute atomic E-state index is 12.9. The largest absolute Gasteiger partial charge is 1.00 e. The van der Waals surface area contributed by atoms with Gasteiger partial charge in [0.2, 0.25) is 0 Å². The zero-order valence-electron chi connectivity index (χ0n) is 16.6. The van der Waals surface area contributed by atoms with Crippen molar-refractivity contribution in [2.45, 2.75) is 61.7 Å². The third-order valence-electron chi connectivity index (χ3n) is 8.56. The second-order valence-corrected chi connectivity index (χ2v) is 9.82. The number of hydrogen-bond donors (Lipinski definition) is 2. The average Bonchev–Trinajstić information content (AvgIpc) is 3.39. The van der Waals surface area contributed by atoms with Crippen molar-refractivity contribution in [3.63, 3.8) is 0 Å². The van der Waals surface area contributed by atoms with Gasteiger partial charge in [0, 0.05) is 30.7 Å². The third-order valence-corrected chi connectivity index (χ3v) is 8.56. The summed E-state index contributed by atoms with van der Waals surface area (Å²) in [6.07, 6.45) is 6.25. The maximum Gasteiger partial charge on any atom is 0.174 e. The number of ketones is 1. The molecule has 0 radical (unpaired) electrons. The van der Waals surface area contributed by atoms with Crippen LogP contribution in [0.2, 0.25) is 0 Å². The molecule has 6 rings (SSSR count). The summed E-state index contributed by atoms with van der Waals surface area (Å²) in [5.74, 6) is 1.35. The van der Waals surface area contributed by atoms with Gasteiger partial charge in [-0.05, 0) is 37.0 Å². The lowest BCUT2D eigenvalue weighted by atomic mass is 9.48. The van der Waals surface area contributed by atoms with E-state index < -0.39 is 17.1 Å². The van der Waals surface area contributed by atoms with E-state index >= 15 is 0 Å². The molecule has 2 heterocycles. The number of piperidine rings is 1. The number of rotatable bonds is 4. The van der Waals surface area contributed by atoms with Gasteiger partial charge in [0.15, 0.2) is 23.4 Å². The Morgan fingerprint density at radius 2 is 2.10 bits per heavy atom. The van der Waals surface area contributed by atoms with Crippen molar-refractivity contribution in [2.75, 3.05) is 19.6 Å². The van der Waals surface area contributed by atoms with Crippen LogP contribution in [0.15, 0.2) is 24.8 Å². The molecule has 5 aliphatic rings. The number of aliphatic hydroxyl groups is 1. The Bertz CT molecular complexity index is 914. The fourth-order valence-corrected chi connectivity index (χ4v) is 7.29. The normalized spacial score (nSPS) is 41.2. The van der Waals surface area contributed by atoms with E-state index in [9.17, 15) is 15.0 Å². The first-order valence-electron chi connectivity index (χ1n) is 10.7.